The molecule has 0 aliphatic rings. The van der Waals surface area contributed by atoms with Crippen LogP contribution in [0.25, 0.3) is 11.6 Å². The number of imidazole rings is 1. The van der Waals surface area contributed by atoms with Crippen molar-refractivity contribution in [1.82, 2.24) is 19.7 Å². The fourth-order valence-electron chi connectivity index (χ4n) is 1.60. The molecule has 1 atom stereocenters. The van der Waals surface area contributed by atoms with Gasteiger partial charge < -0.3 is 14.8 Å². The number of nitrogens with two attached hydrogens (primary N) is 1. The van der Waals surface area contributed by atoms with Gasteiger partial charge in [-0.2, -0.15) is 4.98 Å². The van der Waals surface area contributed by atoms with E-state index in [0.717, 1.165) is 19.3 Å². The second-order valence-electron chi connectivity index (χ2n) is 4.24. The lowest BCUT2D eigenvalue weighted by atomic mass is 10.1. The van der Waals surface area contributed by atoms with E-state index < -0.39 is 0 Å². The number of aryl methyl sites for hydroxylation is 2. The van der Waals surface area contributed by atoms with Crippen molar-refractivity contribution in [2.24, 2.45) is 12.8 Å². The van der Waals surface area contributed by atoms with Gasteiger partial charge in [0, 0.05) is 31.9 Å². The highest BCUT2D eigenvalue weighted by Crippen LogP contribution is 2.13. The summed E-state index contributed by atoms with van der Waals surface area (Å²) in [4.78, 5) is 8.47. The Labute approximate surface area is 99.8 Å². The van der Waals surface area contributed by atoms with Crippen LogP contribution in [0.1, 0.15) is 25.7 Å². The SMILES string of the molecule is CC(N)CCCc1nc(-c2nccn2C)no1. The summed E-state index contributed by atoms with van der Waals surface area (Å²) in [6.45, 7) is 1.99. The molecule has 0 saturated heterocycles. The molecule has 92 valence electrons. The van der Waals surface area contributed by atoms with Crippen LogP contribution in [0.4, 0.5) is 0 Å². The van der Waals surface area contributed by atoms with Crippen molar-refractivity contribution < 1.29 is 4.52 Å². The Hall–Kier alpha value is -1.69. The minimum absolute atomic E-state index is 0.215. The lowest BCUT2D eigenvalue weighted by Crippen LogP contribution is -2.14. The van der Waals surface area contributed by atoms with E-state index in [1.54, 1.807) is 6.20 Å². The van der Waals surface area contributed by atoms with E-state index in [0.29, 0.717) is 17.5 Å². The zero-order chi connectivity index (χ0) is 12.3. The molecule has 0 saturated carbocycles. The molecule has 0 aliphatic heterocycles. The monoisotopic (exact) mass is 235 g/mol. The molecule has 0 radical (unpaired) electrons. The van der Waals surface area contributed by atoms with E-state index >= 15 is 0 Å². The molecule has 1 unspecified atom stereocenters. The van der Waals surface area contributed by atoms with Crippen LogP contribution in [0.2, 0.25) is 0 Å². The predicted octanol–water partition coefficient (Wildman–Crippen LogP) is 1.14. The maximum absolute atomic E-state index is 5.68. The number of hydrogen-bond acceptors (Lipinski definition) is 5. The molecule has 2 heterocycles. The Bertz CT molecular complexity index is 474. The molecule has 2 N–H and O–H groups in total. The van der Waals surface area contributed by atoms with E-state index in [4.69, 9.17) is 10.3 Å². The normalized spacial score (nSPS) is 12.9. The molecular weight excluding hydrogens is 218 g/mol. The minimum Gasteiger partial charge on any atom is -0.339 e. The van der Waals surface area contributed by atoms with Gasteiger partial charge in [0.15, 0.2) is 5.82 Å². The van der Waals surface area contributed by atoms with Crippen LogP contribution in [-0.4, -0.2) is 25.7 Å². The van der Waals surface area contributed by atoms with Crippen molar-refractivity contribution in [2.75, 3.05) is 0 Å². The van der Waals surface area contributed by atoms with Gasteiger partial charge in [-0.3, -0.25) is 0 Å². The average molecular weight is 235 g/mol. The van der Waals surface area contributed by atoms with Crippen molar-refractivity contribution in [3.05, 3.63) is 18.3 Å². The van der Waals surface area contributed by atoms with Gasteiger partial charge in [-0.1, -0.05) is 5.16 Å². The average Bonchev–Trinajstić information content (AvgIpc) is 2.86. The smallest absolute Gasteiger partial charge is 0.238 e. The zero-order valence-corrected chi connectivity index (χ0v) is 10.1. The molecule has 0 aromatic carbocycles. The van der Waals surface area contributed by atoms with Crippen LogP contribution in [-0.2, 0) is 13.5 Å². The second kappa shape index (κ2) is 5.09. The molecule has 6 nitrogen and oxygen atoms in total. The summed E-state index contributed by atoms with van der Waals surface area (Å²) in [5.41, 5.74) is 5.68. The number of nitrogens with zero attached hydrogens (tertiary/aromatic N) is 4. The quantitative estimate of drug-likeness (QED) is 0.840. The van der Waals surface area contributed by atoms with Crippen LogP contribution >= 0.6 is 0 Å². The standard InChI is InChI=1S/C11H17N5O/c1-8(12)4-3-5-9-14-10(15-17-9)11-13-6-7-16(11)2/h6-8H,3-5,12H2,1-2H3. The summed E-state index contributed by atoms with van der Waals surface area (Å²) in [6, 6.07) is 0.215. The first kappa shape index (κ1) is 11.8. The van der Waals surface area contributed by atoms with Crippen LogP contribution < -0.4 is 5.73 Å². The van der Waals surface area contributed by atoms with Crippen molar-refractivity contribution in [3.63, 3.8) is 0 Å². The maximum atomic E-state index is 5.68. The summed E-state index contributed by atoms with van der Waals surface area (Å²) in [5.74, 6) is 1.89. The highest BCUT2D eigenvalue weighted by Gasteiger charge is 2.12. The van der Waals surface area contributed by atoms with Gasteiger partial charge in [-0.15, -0.1) is 0 Å². The highest BCUT2D eigenvalue weighted by molar-refractivity contribution is 5.42. The number of rotatable bonds is 5. The first-order chi connectivity index (χ1) is 8.16. The molecule has 2 aromatic rings. The first-order valence-corrected chi connectivity index (χ1v) is 5.72. The fourth-order valence-corrected chi connectivity index (χ4v) is 1.60. The molecule has 17 heavy (non-hydrogen) atoms. The Morgan fingerprint density at radius 1 is 1.53 bits per heavy atom. The molecule has 0 aliphatic carbocycles. The Morgan fingerprint density at radius 3 is 3.00 bits per heavy atom. The Balaban J connectivity index is 1.99. The maximum Gasteiger partial charge on any atom is 0.238 e. The molecule has 0 bridgehead atoms. The summed E-state index contributed by atoms with van der Waals surface area (Å²) < 4.78 is 7.03. The highest BCUT2D eigenvalue weighted by atomic mass is 16.5. The molecular formula is C11H17N5O. The molecule has 0 spiro atoms. The van der Waals surface area contributed by atoms with Gasteiger partial charge in [0.2, 0.25) is 11.7 Å². The molecule has 2 rings (SSSR count). The minimum atomic E-state index is 0.215. The van der Waals surface area contributed by atoms with Gasteiger partial charge in [0.25, 0.3) is 0 Å². The third-order valence-corrected chi connectivity index (χ3v) is 2.54. The van der Waals surface area contributed by atoms with Crippen molar-refractivity contribution in [3.8, 4) is 11.6 Å². The van der Waals surface area contributed by atoms with Gasteiger partial charge in [0.05, 0.1) is 0 Å². The lowest BCUT2D eigenvalue weighted by Gasteiger charge is -2.00. The lowest BCUT2D eigenvalue weighted by molar-refractivity contribution is 0.373. The van der Waals surface area contributed by atoms with Crippen LogP contribution in [0.3, 0.4) is 0 Å². The van der Waals surface area contributed by atoms with Crippen LogP contribution in [0, 0.1) is 0 Å². The molecule has 6 heteroatoms. The van der Waals surface area contributed by atoms with E-state index in [1.165, 1.54) is 0 Å². The second-order valence-corrected chi connectivity index (χ2v) is 4.24. The topological polar surface area (TPSA) is 82.8 Å². The van der Waals surface area contributed by atoms with Crippen molar-refractivity contribution >= 4 is 0 Å². The van der Waals surface area contributed by atoms with Gasteiger partial charge in [-0.05, 0) is 19.8 Å². The van der Waals surface area contributed by atoms with E-state index in [9.17, 15) is 0 Å². The zero-order valence-electron chi connectivity index (χ0n) is 10.1. The van der Waals surface area contributed by atoms with E-state index in [-0.39, 0.29) is 6.04 Å². The third-order valence-electron chi connectivity index (χ3n) is 2.54. The number of aromatic nitrogens is 4. The van der Waals surface area contributed by atoms with E-state index in [1.807, 2.05) is 24.7 Å². The summed E-state index contributed by atoms with van der Waals surface area (Å²) in [5, 5.41) is 3.92. The van der Waals surface area contributed by atoms with E-state index in [2.05, 4.69) is 15.1 Å². The van der Waals surface area contributed by atoms with Crippen molar-refractivity contribution in [2.45, 2.75) is 32.2 Å². The summed E-state index contributed by atoms with van der Waals surface area (Å²) >= 11 is 0. The Morgan fingerprint density at radius 2 is 2.35 bits per heavy atom. The van der Waals surface area contributed by atoms with Gasteiger partial charge in [-0.25, -0.2) is 4.98 Å². The predicted molar refractivity (Wildman–Crippen MR) is 63.1 cm³/mol. The fraction of sp³-hybridized carbons (Fsp3) is 0.545. The summed E-state index contributed by atoms with van der Waals surface area (Å²) in [7, 11) is 1.90. The van der Waals surface area contributed by atoms with Gasteiger partial charge >= 0.3 is 0 Å². The Kier molecular flexibility index (Phi) is 3.53. The van der Waals surface area contributed by atoms with Gasteiger partial charge in [0.1, 0.15) is 0 Å². The molecule has 0 amide bonds. The first-order valence-electron chi connectivity index (χ1n) is 5.72. The molecule has 0 fully saturated rings. The third kappa shape index (κ3) is 2.91. The van der Waals surface area contributed by atoms with Crippen LogP contribution in [0.15, 0.2) is 16.9 Å². The molecule has 2 aromatic heterocycles. The van der Waals surface area contributed by atoms with Crippen molar-refractivity contribution in [1.29, 1.82) is 0 Å². The largest absolute Gasteiger partial charge is 0.339 e. The summed E-state index contributed by atoms with van der Waals surface area (Å²) in [6.07, 6.45) is 6.24. The number of hydrogen-bond donors (Lipinski definition) is 1. The van der Waals surface area contributed by atoms with Crippen LogP contribution in [0.5, 0.6) is 0 Å².